The van der Waals surface area contributed by atoms with Crippen LogP contribution < -0.4 is 10.6 Å². The Morgan fingerprint density at radius 3 is 2.72 bits per heavy atom. The summed E-state index contributed by atoms with van der Waals surface area (Å²) in [4.78, 5) is 22.0. The van der Waals surface area contributed by atoms with E-state index < -0.39 is 11.8 Å². The largest absolute Gasteiger partial charge is 0.324 e. The van der Waals surface area contributed by atoms with Crippen molar-refractivity contribution in [3.8, 4) is 0 Å². The summed E-state index contributed by atoms with van der Waals surface area (Å²) in [5, 5.41) is 7.01. The lowest BCUT2D eigenvalue weighted by Crippen LogP contribution is -2.18. The average molecular weight is 425 g/mol. The first-order valence-corrected chi connectivity index (χ1v) is 10.4. The highest BCUT2D eigenvalue weighted by atomic mass is 32.2. The number of hydrogen-bond acceptors (Lipinski definition) is 5. The number of pyridine rings is 1. The molecule has 2 amide bonds. The molecule has 146 valence electrons. The maximum Gasteiger partial charge on any atom is 0.324 e. The van der Waals surface area contributed by atoms with Gasteiger partial charge in [0.2, 0.25) is 0 Å². The van der Waals surface area contributed by atoms with E-state index in [1.165, 1.54) is 52.4 Å². The van der Waals surface area contributed by atoms with E-state index in [2.05, 4.69) is 46.6 Å². The van der Waals surface area contributed by atoms with Gasteiger partial charge in [0.15, 0.2) is 4.34 Å². The number of amides is 2. The van der Waals surface area contributed by atoms with Crippen molar-refractivity contribution in [1.82, 2.24) is 9.97 Å². The lowest BCUT2D eigenvalue weighted by atomic mass is 10.1. The summed E-state index contributed by atoms with van der Waals surface area (Å²) in [7, 11) is 0. The molecule has 0 radical (unpaired) electrons. The summed E-state index contributed by atoms with van der Waals surface area (Å²) < 4.78 is 14.0. The number of thiazole rings is 1. The third-order valence-electron chi connectivity index (χ3n) is 4.32. The fourth-order valence-electron chi connectivity index (χ4n) is 2.77. The summed E-state index contributed by atoms with van der Waals surface area (Å²) in [6, 6.07) is 11.5. The van der Waals surface area contributed by atoms with Gasteiger partial charge >= 0.3 is 6.03 Å². The zero-order chi connectivity index (χ0) is 20.4. The molecule has 29 heavy (non-hydrogen) atoms. The number of carbonyl (C=O) groups is 1. The number of hydrogen-bond donors (Lipinski definition) is 2. The first kappa shape index (κ1) is 19.4. The second kappa shape index (κ2) is 8.18. The third-order valence-corrected chi connectivity index (χ3v) is 6.38. The van der Waals surface area contributed by atoms with Crippen molar-refractivity contribution in [2.45, 2.75) is 23.1 Å². The molecule has 4 rings (SSSR count). The van der Waals surface area contributed by atoms with Crippen LogP contribution in [0.25, 0.3) is 10.9 Å². The second-order valence-electron chi connectivity index (χ2n) is 6.44. The number of anilines is 2. The Hall–Kier alpha value is -2.97. The first-order chi connectivity index (χ1) is 14.0. The van der Waals surface area contributed by atoms with Gasteiger partial charge in [0.1, 0.15) is 10.8 Å². The number of aryl methyl sites for hydroxylation is 2. The zero-order valence-electron chi connectivity index (χ0n) is 15.7. The van der Waals surface area contributed by atoms with E-state index in [9.17, 15) is 9.18 Å². The van der Waals surface area contributed by atoms with E-state index in [-0.39, 0.29) is 0 Å². The number of rotatable bonds is 4. The molecule has 0 aliphatic rings. The van der Waals surface area contributed by atoms with Gasteiger partial charge in [-0.25, -0.2) is 14.2 Å². The van der Waals surface area contributed by atoms with Crippen molar-refractivity contribution in [3.05, 3.63) is 71.8 Å². The van der Waals surface area contributed by atoms with Crippen LogP contribution in [0.1, 0.15) is 11.1 Å². The number of fused-ring (bicyclic) bond motifs is 1. The summed E-state index contributed by atoms with van der Waals surface area (Å²) in [5.74, 6) is -0.408. The molecule has 0 bridgehead atoms. The molecule has 0 aliphatic carbocycles. The van der Waals surface area contributed by atoms with Gasteiger partial charge < -0.3 is 5.32 Å². The molecular weight excluding hydrogens is 407 g/mol. The minimum absolute atomic E-state index is 0.385. The van der Waals surface area contributed by atoms with Crippen LogP contribution >= 0.6 is 23.1 Å². The summed E-state index contributed by atoms with van der Waals surface area (Å²) >= 11 is 2.90. The van der Waals surface area contributed by atoms with Crippen molar-refractivity contribution in [3.63, 3.8) is 0 Å². The van der Waals surface area contributed by atoms with Gasteiger partial charge in [0.05, 0.1) is 11.7 Å². The smallest absolute Gasteiger partial charge is 0.308 e. The monoisotopic (exact) mass is 424 g/mol. The number of carbonyl (C=O) groups excluding carboxylic acids is 1. The standard InChI is InChI=1S/C21H17FN4OS2/c1-12-8-16-17(9-13(12)2)23-7-6-18(16)28-21-24-11-19(29-21)26-20(27)25-15-5-3-4-14(22)10-15/h3-11H,1-2H3,(H2,25,26,27). The highest BCUT2D eigenvalue weighted by molar-refractivity contribution is 8.01. The molecule has 0 spiro atoms. The first-order valence-electron chi connectivity index (χ1n) is 8.81. The normalized spacial score (nSPS) is 10.9. The van der Waals surface area contributed by atoms with Crippen LogP contribution in [-0.2, 0) is 0 Å². The van der Waals surface area contributed by atoms with Crippen LogP contribution in [0, 0.1) is 19.7 Å². The maximum absolute atomic E-state index is 13.2. The van der Waals surface area contributed by atoms with Crippen LogP contribution in [0.15, 0.2) is 64.1 Å². The van der Waals surface area contributed by atoms with Crippen molar-refractivity contribution in [1.29, 1.82) is 0 Å². The van der Waals surface area contributed by atoms with Crippen molar-refractivity contribution >= 4 is 50.7 Å². The highest BCUT2D eigenvalue weighted by Crippen LogP contribution is 2.37. The average Bonchev–Trinajstić information content (AvgIpc) is 3.10. The molecule has 2 heterocycles. The fraction of sp³-hybridized carbons (Fsp3) is 0.0952. The molecule has 0 fully saturated rings. The Balaban J connectivity index is 1.48. The molecule has 2 aromatic carbocycles. The van der Waals surface area contributed by atoms with Crippen LogP contribution in [0.3, 0.4) is 0 Å². The molecule has 0 saturated carbocycles. The SMILES string of the molecule is Cc1cc2nccc(Sc3ncc(NC(=O)Nc4cccc(F)c4)s3)c2cc1C. The lowest BCUT2D eigenvalue weighted by Gasteiger charge is -2.07. The molecule has 0 unspecified atom stereocenters. The number of nitrogens with zero attached hydrogens (tertiary/aromatic N) is 2. The predicted molar refractivity (Wildman–Crippen MR) is 116 cm³/mol. The highest BCUT2D eigenvalue weighted by Gasteiger charge is 2.11. The summed E-state index contributed by atoms with van der Waals surface area (Å²) in [6.45, 7) is 4.16. The lowest BCUT2D eigenvalue weighted by molar-refractivity contribution is 0.262. The van der Waals surface area contributed by atoms with Crippen LogP contribution in [0.2, 0.25) is 0 Å². The number of urea groups is 1. The van der Waals surface area contributed by atoms with E-state index in [0.717, 1.165) is 20.1 Å². The van der Waals surface area contributed by atoms with Gasteiger partial charge in [-0.1, -0.05) is 29.2 Å². The van der Waals surface area contributed by atoms with Gasteiger partial charge in [-0.15, -0.1) is 0 Å². The number of nitrogens with one attached hydrogen (secondary N) is 2. The van der Waals surface area contributed by atoms with Gasteiger partial charge in [0, 0.05) is 22.2 Å². The zero-order valence-corrected chi connectivity index (χ0v) is 17.3. The van der Waals surface area contributed by atoms with Gasteiger partial charge in [0.25, 0.3) is 0 Å². The topological polar surface area (TPSA) is 66.9 Å². The summed E-state index contributed by atoms with van der Waals surface area (Å²) in [6.07, 6.45) is 3.40. The van der Waals surface area contributed by atoms with Gasteiger partial charge in [-0.05, 0) is 61.4 Å². The van der Waals surface area contributed by atoms with E-state index in [0.29, 0.717) is 10.7 Å². The molecule has 8 heteroatoms. The van der Waals surface area contributed by atoms with Crippen molar-refractivity contribution in [2.75, 3.05) is 10.6 Å². The predicted octanol–water partition coefficient (Wildman–Crippen LogP) is 6.24. The molecule has 2 N–H and O–H groups in total. The second-order valence-corrected chi connectivity index (χ2v) is 8.76. The Labute approximate surface area is 175 Å². The minimum Gasteiger partial charge on any atom is -0.308 e. The maximum atomic E-state index is 13.2. The number of halogens is 1. The Morgan fingerprint density at radius 2 is 1.90 bits per heavy atom. The Morgan fingerprint density at radius 1 is 1.07 bits per heavy atom. The van der Waals surface area contributed by atoms with E-state index in [1.54, 1.807) is 18.5 Å². The molecule has 0 aliphatic heterocycles. The van der Waals surface area contributed by atoms with E-state index in [1.807, 2.05) is 6.07 Å². The van der Waals surface area contributed by atoms with Crippen LogP contribution in [0.5, 0.6) is 0 Å². The number of aromatic nitrogens is 2. The van der Waals surface area contributed by atoms with Gasteiger partial charge in [-0.2, -0.15) is 0 Å². The van der Waals surface area contributed by atoms with Crippen LogP contribution in [0.4, 0.5) is 19.9 Å². The molecule has 5 nitrogen and oxygen atoms in total. The quantitative estimate of drug-likeness (QED) is 0.407. The molecular formula is C21H17FN4OS2. The minimum atomic E-state index is -0.448. The molecule has 0 atom stereocenters. The molecule has 2 aromatic heterocycles. The molecule has 4 aromatic rings. The third kappa shape index (κ3) is 4.55. The summed E-state index contributed by atoms with van der Waals surface area (Å²) in [5.41, 5.74) is 3.75. The van der Waals surface area contributed by atoms with Gasteiger partial charge in [-0.3, -0.25) is 10.3 Å². The Kier molecular flexibility index (Phi) is 5.46. The Bertz CT molecular complexity index is 1210. The fourth-order valence-corrected chi connectivity index (χ4v) is 4.71. The van der Waals surface area contributed by atoms with Crippen LogP contribution in [-0.4, -0.2) is 16.0 Å². The molecule has 0 saturated heterocycles. The van der Waals surface area contributed by atoms with Crippen molar-refractivity contribution in [2.24, 2.45) is 0 Å². The van der Waals surface area contributed by atoms with E-state index in [4.69, 9.17) is 0 Å². The van der Waals surface area contributed by atoms with Crippen molar-refractivity contribution < 1.29 is 9.18 Å². The number of benzene rings is 2. The van der Waals surface area contributed by atoms with E-state index >= 15 is 0 Å².